The maximum atomic E-state index is 13.4. The van der Waals surface area contributed by atoms with E-state index < -0.39 is 11.8 Å². The Morgan fingerprint density at radius 2 is 2.18 bits per heavy atom. The Hall–Kier alpha value is -1.66. The second-order valence-corrected chi connectivity index (χ2v) is 3.26. The van der Waals surface area contributed by atoms with Crippen molar-refractivity contribution >= 4 is 11.7 Å². The van der Waals surface area contributed by atoms with E-state index >= 15 is 0 Å². The summed E-state index contributed by atoms with van der Waals surface area (Å²) < 4.78 is 18.4. The minimum Gasteiger partial charge on any atom is -0.478 e. The van der Waals surface area contributed by atoms with Crippen molar-refractivity contribution in [3.8, 4) is 0 Å². The molecule has 0 aromatic heterocycles. The predicted octanol–water partition coefficient (Wildman–Crippen LogP) is 0.945. The monoisotopic (exact) mass is 243 g/mol. The van der Waals surface area contributed by atoms with Crippen LogP contribution in [0.15, 0.2) is 18.2 Å². The standard InChI is InChI=1S/C11H14FNO4/c12-9-7-8(11(15)16)1-2-10(9)13-3-5-17-6-4-14/h1-2,7,13-14H,3-6H2,(H,15,16). The molecule has 0 bridgehead atoms. The maximum absolute atomic E-state index is 13.4. The van der Waals surface area contributed by atoms with E-state index in [4.69, 9.17) is 14.9 Å². The molecular weight excluding hydrogens is 229 g/mol. The fraction of sp³-hybridized carbons (Fsp3) is 0.364. The van der Waals surface area contributed by atoms with E-state index in [1.54, 1.807) is 0 Å². The first-order valence-corrected chi connectivity index (χ1v) is 5.10. The lowest BCUT2D eigenvalue weighted by molar-refractivity contribution is 0.0696. The molecule has 0 amide bonds. The summed E-state index contributed by atoms with van der Waals surface area (Å²) in [6, 6.07) is 3.65. The van der Waals surface area contributed by atoms with Crippen LogP contribution < -0.4 is 5.32 Å². The third kappa shape index (κ3) is 4.38. The quantitative estimate of drug-likeness (QED) is 0.621. The Balaban J connectivity index is 2.46. The predicted molar refractivity (Wildman–Crippen MR) is 59.8 cm³/mol. The van der Waals surface area contributed by atoms with Crippen molar-refractivity contribution < 1.29 is 24.1 Å². The van der Waals surface area contributed by atoms with Crippen LogP contribution in [-0.2, 0) is 4.74 Å². The molecule has 0 aliphatic heterocycles. The highest BCUT2D eigenvalue weighted by Crippen LogP contribution is 2.15. The minimum absolute atomic E-state index is 0.0539. The molecule has 6 heteroatoms. The van der Waals surface area contributed by atoms with Gasteiger partial charge in [0.1, 0.15) is 5.82 Å². The van der Waals surface area contributed by atoms with Gasteiger partial charge in [-0.15, -0.1) is 0 Å². The van der Waals surface area contributed by atoms with Gasteiger partial charge in [0.2, 0.25) is 0 Å². The van der Waals surface area contributed by atoms with Crippen molar-refractivity contribution in [3.05, 3.63) is 29.6 Å². The van der Waals surface area contributed by atoms with E-state index in [0.717, 1.165) is 6.07 Å². The minimum atomic E-state index is -1.17. The molecule has 0 heterocycles. The molecule has 1 aromatic carbocycles. The van der Waals surface area contributed by atoms with Gasteiger partial charge < -0.3 is 20.3 Å². The molecule has 0 fully saturated rings. The number of carboxylic acids is 1. The lowest BCUT2D eigenvalue weighted by atomic mass is 10.2. The third-order valence-electron chi connectivity index (χ3n) is 2.01. The molecule has 5 nitrogen and oxygen atoms in total. The topological polar surface area (TPSA) is 78.8 Å². The molecule has 94 valence electrons. The highest BCUT2D eigenvalue weighted by Gasteiger charge is 2.07. The zero-order valence-corrected chi connectivity index (χ0v) is 9.15. The average molecular weight is 243 g/mol. The Morgan fingerprint density at radius 3 is 2.76 bits per heavy atom. The van der Waals surface area contributed by atoms with E-state index in [1.165, 1.54) is 12.1 Å². The number of hydrogen-bond acceptors (Lipinski definition) is 4. The first kappa shape index (κ1) is 13.4. The van der Waals surface area contributed by atoms with Gasteiger partial charge in [0, 0.05) is 6.54 Å². The summed E-state index contributed by atoms with van der Waals surface area (Å²) in [5.74, 6) is -1.78. The molecule has 0 spiro atoms. The molecule has 17 heavy (non-hydrogen) atoms. The fourth-order valence-corrected chi connectivity index (χ4v) is 1.22. The lowest BCUT2D eigenvalue weighted by Crippen LogP contribution is -2.12. The Kier molecular flexibility index (Phi) is 5.38. The summed E-state index contributed by atoms with van der Waals surface area (Å²) in [6.07, 6.45) is 0. The first-order chi connectivity index (χ1) is 8.15. The number of aliphatic hydroxyl groups excluding tert-OH is 1. The smallest absolute Gasteiger partial charge is 0.335 e. The number of hydrogen-bond donors (Lipinski definition) is 3. The number of carboxylic acid groups (broad SMARTS) is 1. The summed E-state index contributed by atoms with van der Waals surface area (Å²) in [5.41, 5.74) is 0.132. The number of nitrogens with one attached hydrogen (secondary N) is 1. The van der Waals surface area contributed by atoms with Gasteiger partial charge in [0.05, 0.1) is 31.1 Å². The van der Waals surface area contributed by atoms with Gasteiger partial charge >= 0.3 is 5.97 Å². The molecule has 0 unspecified atom stereocenters. The Bertz CT molecular complexity index is 384. The largest absolute Gasteiger partial charge is 0.478 e. The van der Waals surface area contributed by atoms with E-state index in [9.17, 15) is 9.18 Å². The maximum Gasteiger partial charge on any atom is 0.335 e. The van der Waals surface area contributed by atoms with Crippen molar-refractivity contribution in [1.29, 1.82) is 0 Å². The molecule has 0 atom stereocenters. The molecule has 3 N–H and O–H groups in total. The second-order valence-electron chi connectivity index (χ2n) is 3.26. The van der Waals surface area contributed by atoms with Crippen LogP contribution in [0.25, 0.3) is 0 Å². The number of benzene rings is 1. The summed E-state index contributed by atoms with van der Waals surface area (Å²) in [5, 5.41) is 19.9. The van der Waals surface area contributed by atoms with Gasteiger partial charge in [-0.3, -0.25) is 0 Å². The van der Waals surface area contributed by atoms with Gasteiger partial charge in [-0.1, -0.05) is 0 Å². The van der Waals surface area contributed by atoms with Crippen LogP contribution in [0.5, 0.6) is 0 Å². The number of carbonyl (C=O) groups is 1. The number of anilines is 1. The summed E-state index contributed by atoms with van der Waals surface area (Å²) in [7, 11) is 0. The van der Waals surface area contributed by atoms with Crippen LogP contribution in [0.4, 0.5) is 10.1 Å². The van der Waals surface area contributed by atoms with Crippen molar-refractivity contribution in [2.24, 2.45) is 0 Å². The van der Waals surface area contributed by atoms with E-state index in [-0.39, 0.29) is 24.5 Å². The highest BCUT2D eigenvalue weighted by molar-refractivity contribution is 5.88. The lowest BCUT2D eigenvalue weighted by Gasteiger charge is -2.08. The van der Waals surface area contributed by atoms with E-state index in [0.29, 0.717) is 13.2 Å². The fourth-order valence-electron chi connectivity index (χ4n) is 1.22. The molecule has 0 aliphatic carbocycles. The number of rotatable bonds is 7. The van der Waals surface area contributed by atoms with Gasteiger partial charge in [-0.25, -0.2) is 9.18 Å². The van der Waals surface area contributed by atoms with Crippen LogP contribution in [0.3, 0.4) is 0 Å². The van der Waals surface area contributed by atoms with Gasteiger partial charge in [0.25, 0.3) is 0 Å². The highest BCUT2D eigenvalue weighted by atomic mass is 19.1. The van der Waals surface area contributed by atoms with E-state index in [1.807, 2.05) is 0 Å². The summed E-state index contributed by atoms with van der Waals surface area (Å²) in [4.78, 5) is 10.6. The van der Waals surface area contributed by atoms with Gasteiger partial charge in [0.15, 0.2) is 0 Å². The van der Waals surface area contributed by atoms with Crippen LogP contribution in [0, 0.1) is 5.82 Å². The van der Waals surface area contributed by atoms with Crippen LogP contribution in [0.1, 0.15) is 10.4 Å². The molecule has 1 aromatic rings. The van der Waals surface area contributed by atoms with Crippen molar-refractivity contribution in [2.75, 3.05) is 31.7 Å². The Labute approximate surface area is 97.8 Å². The van der Waals surface area contributed by atoms with Crippen LogP contribution in [-0.4, -0.2) is 42.5 Å². The average Bonchev–Trinajstić information content (AvgIpc) is 2.30. The second kappa shape index (κ2) is 6.82. The number of ether oxygens (including phenoxy) is 1. The molecule has 0 radical (unpaired) electrons. The molecular formula is C11H14FNO4. The van der Waals surface area contributed by atoms with Gasteiger partial charge in [-0.05, 0) is 18.2 Å². The number of halogens is 1. The summed E-state index contributed by atoms with van der Waals surface area (Å²) >= 11 is 0. The van der Waals surface area contributed by atoms with E-state index in [2.05, 4.69) is 5.32 Å². The SMILES string of the molecule is O=C(O)c1ccc(NCCOCCO)c(F)c1. The number of aliphatic hydroxyl groups is 1. The Morgan fingerprint density at radius 1 is 1.41 bits per heavy atom. The number of aromatic carboxylic acids is 1. The third-order valence-corrected chi connectivity index (χ3v) is 2.01. The van der Waals surface area contributed by atoms with Crippen LogP contribution >= 0.6 is 0 Å². The van der Waals surface area contributed by atoms with Crippen molar-refractivity contribution in [2.45, 2.75) is 0 Å². The normalized spacial score (nSPS) is 10.2. The van der Waals surface area contributed by atoms with Gasteiger partial charge in [-0.2, -0.15) is 0 Å². The first-order valence-electron chi connectivity index (χ1n) is 5.10. The zero-order valence-electron chi connectivity index (χ0n) is 9.15. The molecule has 0 aliphatic rings. The zero-order chi connectivity index (χ0) is 12.7. The summed E-state index contributed by atoms with van der Waals surface area (Å²) in [6.45, 7) is 0.897. The molecule has 1 rings (SSSR count). The molecule has 0 saturated heterocycles. The van der Waals surface area contributed by atoms with Crippen LogP contribution in [0.2, 0.25) is 0 Å². The van der Waals surface area contributed by atoms with Crippen molar-refractivity contribution in [3.63, 3.8) is 0 Å². The molecule has 0 saturated carbocycles. The van der Waals surface area contributed by atoms with Crippen molar-refractivity contribution in [1.82, 2.24) is 0 Å².